The highest BCUT2D eigenvalue weighted by atomic mass is 16.6. The lowest BCUT2D eigenvalue weighted by Gasteiger charge is -2.26. The van der Waals surface area contributed by atoms with Gasteiger partial charge in [-0.25, -0.2) is 0 Å². The van der Waals surface area contributed by atoms with E-state index in [2.05, 4.69) is 16.7 Å². The molecule has 1 aromatic rings. The van der Waals surface area contributed by atoms with Crippen molar-refractivity contribution in [2.24, 2.45) is 0 Å². The second-order valence-electron chi connectivity index (χ2n) is 4.83. The van der Waals surface area contributed by atoms with Crippen LogP contribution in [0.4, 0.5) is 17.1 Å². The SMILES string of the molecule is CCCN(CCN(C)C)c1cc(N)cc([N+](=O)[O-])c1. The topological polar surface area (TPSA) is 75.6 Å². The Balaban J connectivity index is 2.97. The number of nitro benzene ring substituents is 1. The lowest BCUT2D eigenvalue weighted by atomic mass is 10.2. The normalized spacial score (nSPS) is 10.7. The first kappa shape index (κ1) is 15.2. The molecule has 106 valence electrons. The zero-order valence-electron chi connectivity index (χ0n) is 11.8. The highest BCUT2D eigenvalue weighted by Gasteiger charge is 2.13. The van der Waals surface area contributed by atoms with Gasteiger partial charge in [0.15, 0.2) is 0 Å². The summed E-state index contributed by atoms with van der Waals surface area (Å²) in [6.07, 6.45) is 0.982. The predicted octanol–water partition coefficient (Wildman–Crippen LogP) is 1.96. The lowest BCUT2D eigenvalue weighted by Crippen LogP contribution is -2.32. The largest absolute Gasteiger partial charge is 0.398 e. The van der Waals surface area contributed by atoms with E-state index < -0.39 is 4.92 Å². The van der Waals surface area contributed by atoms with E-state index in [0.29, 0.717) is 5.69 Å². The van der Waals surface area contributed by atoms with Crippen molar-refractivity contribution >= 4 is 17.1 Å². The Morgan fingerprint density at radius 2 is 1.89 bits per heavy atom. The first-order valence-electron chi connectivity index (χ1n) is 6.38. The van der Waals surface area contributed by atoms with Crippen LogP contribution in [0.25, 0.3) is 0 Å². The first-order chi connectivity index (χ1) is 8.93. The third-order valence-corrected chi connectivity index (χ3v) is 2.81. The van der Waals surface area contributed by atoms with Crippen molar-refractivity contribution in [3.05, 3.63) is 28.3 Å². The quantitative estimate of drug-likeness (QED) is 0.464. The molecule has 0 fully saturated rings. The van der Waals surface area contributed by atoms with Crippen molar-refractivity contribution in [1.29, 1.82) is 0 Å². The van der Waals surface area contributed by atoms with Gasteiger partial charge in [0.2, 0.25) is 0 Å². The average Bonchev–Trinajstić information content (AvgIpc) is 2.33. The molecule has 19 heavy (non-hydrogen) atoms. The maximum Gasteiger partial charge on any atom is 0.273 e. The van der Waals surface area contributed by atoms with Gasteiger partial charge in [-0.05, 0) is 26.6 Å². The predicted molar refractivity (Wildman–Crippen MR) is 78.6 cm³/mol. The number of hydrogen-bond donors (Lipinski definition) is 1. The van der Waals surface area contributed by atoms with Crippen molar-refractivity contribution in [2.75, 3.05) is 44.4 Å². The van der Waals surface area contributed by atoms with Gasteiger partial charge in [-0.2, -0.15) is 0 Å². The zero-order chi connectivity index (χ0) is 14.4. The summed E-state index contributed by atoms with van der Waals surface area (Å²) in [6, 6.07) is 4.76. The van der Waals surface area contributed by atoms with Gasteiger partial charge in [0.1, 0.15) is 0 Å². The summed E-state index contributed by atoms with van der Waals surface area (Å²) >= 11 is 0. The number of nitro groups is 1. The number of nitrogen functional groups attached to an aromatic ring is 1. The minimum Gasteiger partial charge on any atom is -0.398 e. The molecule has 0 bridgehead atoms. The minimum atomic E-state index is -0.407. The molecule has 0 heterocycles. The Hall–Kier alpha value is -1.82. The van der Waals surface area contributed by atoms with Crippen LogP contribution in [0.1, 0.15) is 13.3 Å². The smallest absolute Gasteiger partial charge is 0.273 e. The van der Waals surface area contributed by atoms with Crippen molar-refractivity contribution in [2.45, 2.75) is 13.3 Å². The Morgan fingerprint density at radius 1 is 1.21 bits per heavy atom. The molecule has 0 amide bonds. The summed E-state index contributed by atoms with van der Waals surface area (Å²) in [4.78, 5) is 14.7. The summed E-state index contributed by atoms with van der Waals surface area (Å²) in [5.74, 6) is 0. The van der Waals surface area contributed by atoms with E-state index in [1.807, 2.05) is 14.1 Å². The molecule has 0 radical (unpaired) electrons. The molecule has 0 aromatic heterocycles. The molecular weight excluding hydrogens is 244 g/mol. The minimum absolute atomic E-state index is 0.0426. The third kappa shape index (κ3) is 4.75. The van der Waals surface area contributed by atoms with E-state index in [1.165, 1.54) is 6.07 Å². The number of anilines is 2. The van der Waals surface area contributed by atoms with E-state index in [1.54, 1.807) is 12.1 Å². The molecule has 0 saturated carbocycles. The summed E-state index contributed by atoms with van der Waals surface area (Å²) in [5.41, 5.74) is 7.03. The molecule has 6 heteroatoms. The highest BCUT2D eigenvalue weighted by molar-refractivity contribution is 5.62. The van der Waals surface area contributed by atoms with Crippen LogP contribution < -0.4 is 10.6 Å². The molecule has 0 aliphatic carbocycles. The molecular formula is C13H22N4O2. The van der Waals surface area contributed by atoms with Gasteiger partial charge in [-0.15, -0.1) is 0 Å². The van der Waals surface area contributed by atoms with E-state index in [4.69, 9.17) is 5.73 Å². The number of rotatable bonds is 7. The second kappa shape index (κ2) is 6.94. The Kier molecular flexibility index (Phi) is 5.57. The Morgan fingerprint density at radius 3 is 2.42 bits per heavy atom. The molecule has 0 saturated heterocycles. The van der Waals surface area contributed by atoms with E-state index in [0.717, 1.165) is 31.7 Å². The molecule has 0 atom stereocenters. The Bertz CT molecular complexity index is 435. The monoisotopic (exact) mass is 266 g/mol. The number of nitrogens with zero attached hydrogens (tertiary/aromatic N) is 3. The lowest BCUT2D eigenvalue weighted by molar-refractivity contribution is -0.384. The Labute approximate surface area is 113 Å². The van der Waals surface area contributed by atoms with Gasteiger partial charge in [-0.3, -0.25) is 10.1 Å². The van der Waals surface area contributed by atoms with Crippen molar-refractivity contribution in [3.8, 4) is 0 Å². The van der Waals surface area contributed by atoms with Crippen molar-refractivity contribution in [3.63, 3.8) is 0 Å². The number of benzene rings is 1. The van der Waals surface area contributed by atoms with E-state index in [-0.39, 0.29) is 5.69 Å². The fourth-order valence-corrected chi connectivity index (χ4v) is 1.87. The van der Waals surface area contributed by atoms with Crippen LogP contribution in [0, 0.1) is 10.1 Å². The molecule has 1 rings (SSSR count). The van der Waals surface area contributed by atoms with E-state index in [9.17, 15) is 10.1 Å². The number of hydrogen-bond acceptors (Lipinski definition) is 5. The van der Waals surface area contributed by atoms with Crippen molar-refractivity contribution < 1.29 is 4.92 Å². The van der Waals surface area contributed by atoms with Crippen LogP contribution in [-0.4, -0.2) is 43.6 Å². The summed E-state index contributed by atoms with van der Waals surface area (Å²) in [5, 5.41) is 10.9. The van der Waals surface area contributed by atoms with Crippen molar-refractivity contribution in [1.82, 2.24) is 4.90 Å². The van der Waals surface area contributed by atoms with Gasteiger partial charge >= 0.3 is 0 Å². The summed E-state index contributed by atoms with van der Waals surface area (Å²) in [6.45, 7) is 4.65. The maximum atomic E-state index is 10.9. The number of non-ortho nitro benzene ring substituents is 1. The van der Waals surface area contributed by atoms with Gasteiger partial charge in [0.05, 0.1) is 4.92 Å². The standard InChI is InChI=1S/C13H22N4O2/c1-4-5-16(7-6-15(2)3)12-8-11(14)9-13(10-12)17(18)19/h8-10H,4-7,14H2,1-3H3. The molecule has 0 unspecified atom stereocenters. The summed E-state index contributed by atoms with van der Waals surface area (Å²) in [7, 11) is 4.01. The van der Waals surface area contributed by atoms with Gasteiger partial charge < -0.3 is 15.5 Å². The van der Waals surface area contributed by atoms with Crippen LogP contribution in [0.3, 0.4) is 0 Å². The van der Waals surface area contributed by atoms with Crippen LogP contribution in [-0.2, 0) is 0 Å². The fourth-order valence-electron chi connectivity index (χ4n) is 1.87. The van der Waals surface area contributed by atoms with Gasteiger partial charge in [0.25, 0.3) is 5.69 Å². The summed E-state index contributed by atoms with van der Waals surface area (Å²) < 4.78 is 0. The van der Waals surface area contributed by atoms with Crippen LogP contribution in [0.5, 0.6) is 0 Å². The molecule has 0 aliphatic heterocycles. The van der Waals surface area contributed by atoms with E-state index >= 15 is 0 Å². The molecule has 0 spiro atoms. The molecule has 1 aromatic carbocycles. The van der Waals surface area contributed by atoms with Crippen LogP contribution in [0.2, 0.25) is 0 Å². The molecule has 2 N–H and O–H groups in total. The van der Waals surface area contributed by atoms with Gasteiger partial charge in [0, 0.05) is 43.1 Å². The van der Waals surface area contributed by atoms with Gasteiger partial charge in [-0.1, -0.05) is 6.92 Å². The maximum absolute atomic E-state index is 10.9. The average molecular weight is 266 g/mol. The first-order valence-corrected chi connectivity index (χ1v) is 6.38. The number of nitrogens with two attached hydrogens (primary N) is 1. The fraction of sp³-hybridized carbons (Fsp3) is 0.538. The molecule has 0 aliphatic rings. The zero-order valence-corrected chi connectivity index (χ0v) is 11.8. The highest BCUT2D eigenvalue weighted by Crippen LogP contribution is 2.25. The number of likely N-dealkylation sites (N-methyl/N-ethyl adjacent to an activating group) is 1. The van der Waals surface area contributed by atoms with Crippen LogP contribution >= 0.6 is 0 Å². The third-order valence-electron chi connectivity index (χ3n) is 2.81. The van der Waals surface area contributed by atoms with Crippen LogP contribution in [0.15, 0.2) is 18.2 Å². The molecule has 6 nitrogen and oxygen atoms in total. The second-order valence-corrected chi connectivity index (χ2v) is 4.83.